The Labute approximate surface area is 236 Å². The first kappa shape index (κ1) is 28.0. The second-order valence-electron chi connectivity index (χ2n) is 9.86. The number of ether oxygens (including phenoxy) is 1. The number of benzene rings is 2. The van der Waals surface area contributed by atoms with Gasteiger partial charge in [0.1, 0.15) is 12.1 Å². The first-order chi connectivity index (χ1) is 19.7. The van der Waals surface area contributed by atoms with Gasteiger partial charge in [0, 0.05) is 55.3 Å². The number of fused-ring (bicyclic) bond motifs is 1. The lowest BCUT2D eigenvalue weighted by molar-refractivity contribution is -0.111. The standard InChI is InChI=1S/C29H32F2N8O2/c1-5-28(40)36-22-12-23(26(41-29(30)31)14-25(22)38-10-9-37(4)18(3)16-38)35-27-13-21(32-17-33-27)19-7-8-24-20(11-19)15-34-39(24)6-2/h5,7-8,11-15,17-18,29H,1,6,9-10,16H2,2-4H3,(H,36,40)(H,32,33,35)/t18-/m1/s1. The molecule has 2 aromatic carbocycles. The van der Waals surface area contributed by atoms with E-state index in [-0.39, 0.29) is 17.5 Å². The largest absolute Gasteiger partial charge is 0.433 e. The van der Waals surface area contributed by atoms with E-state index in [4.69, 9.17) is 4.74 Å². The molecular weight excluding hydrogens is 530 g/mol. The summed E-state index contributed by atoms with van der Waals surface area (Å²) < 4.78 is 33.9. The van der Waals surface area contributed by atoms with Crippen LogP contribution in [0.3, 0.4) is 0 Å². The predicted octanol–water partition coefficient (Wildman–Crippen LogP) is 5.12. The van der Waals surface area contributed by atoms with Crippen LogP contribution in [-0.2, 0) is 11.3 Å². The average molecular weight is 563 g/mol. The van der Waals surface area contributed by atoms with Gasteiger partial charge in [-0.25, -0.2) is 9.97 Å². The summed E-state index contributed by atoms with van der Waals surface area (Å²) in [5.41, 5.74) is 3.71. The number of halogens is 2. The topological polar surface area (TPSA) is 100 Å². The van der Waals surface area contributed by atoms with Crippen LogP contribution in [0, 0.1) is 0 Å². The van der Waals surface area contributed by atoms with Crippen molar-refractivity contribution in [1.29, 1.82) is 0 Å². The van der Waals surface area contributed by atoms with Crippen molar-refractivity contribution in [3.63, 3.8) is 0 Å². The molecular formula is C29H32F2N8O2. The smallest absolute Gasteiger partial charge is 0.387 e. The number of nitrogens with zero attached hydrogens (tertiary/aromatic N) is 6. The summed E-state index contributed by atoms with van der Waals surface area (Å²) >= 11 is 0. The Morgan fingerprint density at radius 1 is 1.20 bits per heavy atom. The van der Waals surface area contributed by atoms with Crippen molar-refractivity contribution < 1.29 is 18.3 Å². The Balaban J connectivity index is 1.51. The van der Waals surface area contributed by atoms with Gasteiger partial charge in [-0.1, -0.05) is 12.6 Å². The Hall–Kier alpha value is -4.58. The van der Waals surface area contributed by atoms with E-state index in [0.717, 1.165) is 35.6 Å². The maximum atomic E-state index is 13.5. The highest BCUT2D eigenvalue weighted by atomic mass is 19.3. The molecule has 214 valence electrons. The Bertz CT molecular complexity index is 1570. The number of nitrogens with one attached hydrogen (secondary N) is 2. The third-order valence-corrected chi connectivity index (χ3v) is 7.22. The van der Waals surface area contributed by atoms with E-state index in [9.17, 15) is 13.6 Å². The van der Waals surface area contributed by atoms with Gasteiger partial charge in [-0.15, -0.1) is 0 Å². The molecule has 3 heterocycles. The van der Waals surface area contributed by atoms with Crippen LogP contribution in [0.15, 0.2) is 61.6 Å². The highest BCUT2D eigenvalue weighted by Gasteiger charge is 2.25. The highest BCUT2D eigenvalue weighted by molar-refractivity contribution is 6.02. The van der Waals surface area contributed by atoms with Crippen LogP contribution in [0.5, 0.6) is 5.75 Å². The lowest BCUT2D eigenvalue weighted by Gasteiger charge is -2.40. The number of rotatable bonds is 9. The van der Waals surface area contributed by atoms with Crippen LogP contribution in [0.25, 0.3) is 22.2 Å². The molecule has 1 aliphatic rings. The molecule has 0 spiro atoms. The number of alkyl halides is 2. The molecule has 5 rings (SSSR count). The fourth-order valence-corrected chi connectivity index (χ4v) is 4.89. The van der Waals surface area contributed by atoms with Crippen LogP contribution in [0.4, 0.5) is 31.7 Å². The van der Waals surface area contributed by atoms with Crippen molar-refractivity contribution >= 4 is 39.7 Å². The van der Waals surface area contributed by atoms with Crippen molar-refractivity contribution in [3.05, 3.63) is 61.6 Å². The molecule has 10 nitrogen and oxygen atoms in total. The minimum absolute atomic E-state index is 0.0771. The monoisotopic (exact) mass is 562 g/mol. The number of carbonyl (C=O) groups excluding carboxylic acids is 1. The van der Waals surface area contributed by atoms with E-state index in [0.29, 0.717) is 36.0 Å². The number of anilines is 4. The summed E-state index contributed by atoms with van der Waals surface area (Å²) in [6, 6.07) is 11.0. The van der Waals surface area contributed by atoms with Crippen molar-refractivity contribution in [1.82, 2.24) is 24.6 Å². The zero-order valence-electron chi connectivity index (χ0n) is 23.1. The molecule has 0 aliphatic carbocycles. The van der Waals surface area contributed by atoms with E-state index in [1.165, 1.54) is 12.4 Å². The number of aromatic nitrogens is 4. The summed E-state index contributed by atoms with van der Waals surface area (Å²) in [6.07, 6.45) is 4.36. The van der Waals surface area contributed by atoms with Crippen LogP contribution in [0.1, 0.15) is 13.8 Å². The van der Waals surface area contributed by atoms with Gasteiger partial charge in [0.15, 0.2) is 5.75 Å². The van der Waals surface area contributed by atoms with Gasteiger partial charge in [-0.2, -0.15) is 13.9 Å². The molecule has 0 unspecified atom stereocenters. The van der Waals surface area contributed by atoms with Gasteiger partial charge in [0.05, 0.1) is 34.5 Å². The lowest BCUT2D eigenvalue weighted by atomic mass is 10.1. The summed E-state index contributed by atoms with van der Waals surface area (Å²) in [6.45, 7) is 7.42. The Morgan fingerprint density at radius 3 is 2.76 bits per heavy atom. The predicted molar refractivity (Wildman–Crippen MR) is 156 cm³/mol. The first-order valence-corrected chi connectivity index (χ1v) is 13.3. The van der Waals surface area contributed by atoms with Crippen molar-refractivity contribution in [3.8, 4) is 17.0 Å². The van der Waals surface area contributed by atoms with E-state index in [1.807, 2.05) is 41.8 Å². The number of hydrogen-bond acceptors (Lipinski definition) is 8. The van der Waals surface area contributed by atoms with E-state index in [1.54, 1.807) is 18.3 Å². The molecule has 12 heteroatoms. The van der Waals surface area contributed by atoms with Crippen molar-refractivity contribution in [2.75, 3.05) is 42.2 Å². The zero-order chi connectivity index (χ0) is 29.1. The minimum atomic E-state index is -3.06. The van der Waals surface area contributed by atoms with Crippen molar-refractivity contribution in [2.45, 2.75) is 33.0 Å². The third-order valence-electron chi connectivity index (χ3n) is 7.22. The molecule has 0 radical (unpaired) electrons. The first-order valence-electron chi connectivity index (χ1n) is 13.3. The van der Waals surface area contributed by atoms with Crippen molar-refractivity contribution in [2.24, 2.45) is 0 Å². The molecule has 41 heavy (non-hydrogen) atoms. The molecule has 1 atom stereocenters. The van der Waals surface area contributed by atoms with Crippen LogP contribution in [0.2, 0.25) is 0 Å². The molecule has 1 saturated heterocycles. The quantitative estimate of drug-likeness (QED) is 0.271. The lowest BCUT2D eigenvalue weighted by Crippen LogP contribution is -2.50. The number of aryl methyl sites for hydroxylation is 1. The molecule has 0 saturated carbocycles. The second-order valence-corrected chi connectivity index (χ2v) is 9.86. The van der Waals surface area contributed by atoms with Crippen LogP contribution >= 0.6 is 0 Å². The van der Waals surface area contributed by atoms with Crippen LogP contribution in [-0.4, -0.2) is 69.9 Å². The second kappa shape index (κ2) is 11.9. The number of hydrogen-bond donors (Lipinski definition) is 2. The molecule has 2 N–H and O–H groups in total. The third kappa shape index (κ3) is 6.12. The fourth-order valence-electron chi connectivity index (χ4n) is 4.89. The van der Waals surface area contributed by atoms with E-state index in [2.05, 4.69) is 44.1 Å². The maximum Gasteiger partial charge on any atom is 0.387 e. The molecule has 1 amide bonds. The highest BCUT2D eigenvalue weighted by Crippen LogP contribution is 2.40. The summed E-state index contributed by atoms with van der Waals surface area (Å²) in [5.74, 6) is -0.139. The van der Waals surface area contributed by atoms with Gasteiger partial charge in [0.2, 0.25) is 5.91 Å². The SMILES string of the molecule is C=CC(=O)Nc1cc(Nc2cc(-c3ccc4c(cnn4CC)c3)ncn2)c(OC(F)F)cc1N1CCN(C)[C@H](C)C1. The molecule has 0 bridgehead atoms. The zero-order valence-corrected chi connectivity index (χ0v) is 23.1. The molecule has 1 aliphatic heterocycles. The summed E-state index contributed by atoms with van der Waals surface area (Å²) in [7, 11) is 2.03. The average Bonchev–Trinajstić information content (AvgIpc) is 3.38. The minimum Gasteiger partial charge on any atom is -0.433 e. The number of piperazine rings is 1. The number of carbonyl (C=O) groups is 1. The molecule has 2 aromatic heterocycles. The normalized spacial score (nSPS) is 15.8. The number of amides is 1. The van der Waals surface area contributed by atoms with E-state index < -0.39 is 12.5 Å². The summed E-state index contributed by atoms with van der Waals surface area (Å²) in [4.78, 5) is 25.3. The molecule has 1 fully saturated rings. The Kier molecular flexibility index (Phi) is 8.11. The van der Waals surface area contributed by atoms with Crippen LogP contribution < -0.4 is 20.3 Å². The van der Waals surface area contributed by atoms with Gasteiger partial charge in [-0.05, 0) is 45.2 Å². The summed E-state index contributed by atoms with van der Waals surface area (Å²) in [5, 5.41) is 11.3. The van der Waals surface area contributed by atoms with Gasteiger partial charge in [0.25, 0.3) is 0 Å². The Morgan fingerprint density at radius 2 is 2.02 bits per heavy atom. The van der Waals surface area contributed by atoms with Gasteiger partial charge < -0.3 is 25.2 Å². The van der Waals surface area contributed by atoms with E-state index >= 15 is 0 Å². The fraction of sp³-hybridized carbons (Fsp3) is 0.310. The van der Waals surface area contributed by atoms with Gasteiger partial charge in [-0.3, -0.25) is 9.48 Å². The molecule has 4 aromatic rings. The van der Waals surface area contributed by atoms with Gasteiger partial charge >= 0.3 is 6.61 Å². The number of likely N-dealkylation sites (N-methyl/N-ethyl adjacent to an activating group) is 1. The maximum absolute atomic E-state index is 13.5.